The first-order chi connectivity index (χ1) is 12.1. The average molecular weight is 466 g/mol. The Kier molecular flexibility index (Phi) is 12.1. The van der Waals surface area contributed by atoms with Crippen molar-refractivity contribution < 1.29 is 30.7 Å². The standard InChI is InChI=1S/C19H29NO2.2ClH.Zr/c1-4-16(5-2)20-13-15-11-17(22-3)12-18(19(15)21)14-9-7-6-8-10-14;;;/h11-14,16,21H,4-10H2,1-3H3;2*1H;/q;;;+2/p-2. The summed E-state index contributed by atoms with van der Waals surface area (Å²) in [7, 11) is 11.5. The Morgan fingerprint density at radius 1 is 1.24 bits per heavy atom. The van der Waals surface area contributed by atoms with Gasteiger partial charge in [0.15, 0.2) is 0 Å². The van der Waals surface area contributed by atoms with Gasteiger partial charge in [-0.1, -0.05) is 33.1 Å². The predicted molar refractivity (Wildman–Crippen MR) is 104 cm³/mol. The third-order valence-corrected chi connectivity index (χ3v) is 4.79. The van der Waals surface area contributed by atoms with E-state index in [1.165, 1.54) is 19.3 Å². The van der Waals surface area contributed by atoms with E-state index in [-0.39, 0.29) is 0 Å². The molecule has 0 aromatic heterocycles. The molecule has 0 unspecified atom stereocenters. The van der Waals surface area contributed by atoms with E-state index in [4.69, 9.17) is 21.8 Å². The van der Waals surface area contributed by atoms with Crippen LogP contribution in [0.3, 0.4) is 0 Å². The van der Waals surface area contributed by atoms with Gasteiger partial charge in [0.05, 0.1) is 7.11 Å². The number of rotatable bonds is 6. The Bertz CT molecular complexity index is 530. The topological polar surface area (TPSA) is 41.8 Å². The number of hydrogen-bond donors (Lipinski definition) is 1. The molecule has 1 saturated carbocycles. The fourth-order valence-corrected chi connectivity index (χ4v) is 3.28. The minimum absolute atomic E-state index is 0.323. The number of phenols is 1. The second kappa shape index (κ2) is 13.2. The molecule has 1 aliphatic rings. The van der Waals surface area contributed by atoms with Crippen LogP contribution < -0.4 is 4.74 Å². The fraction of sp³-hybridized carbons (Fsp3) is 0.632. The van der Waals surface area contributed by atoms with Crippen molar-refractivity contribution in [2.24, 2.45) is 4.99 Å². The molecule has 0 amide bonds. The van der Waals surface area contributed by atoms with Crippen LogP contribution in [0.4, 0.5) is 0 Å². The molecule has 0 spiro atoms. The molecule has 0 heterocycles. The zero-order valence-corrected chi connectivity index (χ0v) is 19.4. The van der Waals surface area contributed by atoms with Crippen LogP contribution in [-0.4, -0.2) is 24.5 Å². The minimum atomic E-state index is -0.826. The van der Waals surface area contributed by atoms with Gasteiger partial charge in [-0.25, -0.2) is 0 Å². The van der Waals surface area contributed by atoms with Gasteiger partial charge in [0.2, 0.25) is 0 Å². The molecule has 3 nitrogen and oxygen atoms in total. The van der Waals surface area contributed by atoms with Crippen LogP contribution >= 0.6 is 17.0 Å². The number of halogens is 2. The molecule has 6 heteroatoms. The number of hydrogen-bond acceptors (Lipinski definition) is 3. The normalized spacial score (nSPS) is 15.1. The quantitative estimate of drug-likeness (QED) is 0.492. The Labute approximate surface area is 170 Å². The van der Waals surface area contributed by atoms with Crippen molar-refractivity contribution >= 4 is 23.2 Å². The van der Waals surface area contributed by atoms with Gasteiger partial charge < -0.3 is 9.84 Å². The van der Waals surface area contributed by atoms with E-state index in [1.54, 1.807) is 7.11 Å². The van der Waals surface area contributed by atoms with Gasteiger partial charge in [-0.3, -0.25) is 4.99 Å². The SMILES string of the molecule is CCC(CC)N=Cc1cc(OC)cc(C2CCCCC2)c1O.[Cl][Zr][Cl]. The number of phenolic OH excluding ortho intramolecular Hbond substituents is 1. The van der Waals surface area contributed by atoms with Crippen LogP contribution in [0, 0.1) is 0 Å². The van der Waals surface area contributed by atoms with Crippen molar-refractivity contribution in [1.82, 2.24) is 0 Å². The zero-order valence-electron chi connectivity index (χ0n) is 15.4. The first kappa shape index (κ1) is 23.0. The Morgan fingerprint density at radius 2 is 1.84 bits per heavy atom. The van der Waals surface area contributed by atoms with Crippen LogP contribution in [0.25, 0.3) is 0 Å². The maximum absolute atomic E-state index is 10.7. The van der Waals surface area contributed by atoms with Gasteiger partial charge in [-0.05, 0) is 43.7 Å². The predicted octanol–water partition coefficient (Wildman–Crippen LogP) is 6.43. The molecule has 1 aromatic carbocycles. The fourth-order valence-electron chi connectivity index (χ4n) is 3.28. The summed E-state index contributed by atoms with van der Waals surface area (Å²) in [5, 5.41) is 10.7. The molecule has 0 aliphatic heterocycles. The molecule has 1 aromatic rings. The van der Waals surface area contributed by atoms with E-state index < -0.39 is 20.8 Å². The van der Waals surface area contributed by atoms with Gasteiger partial charge >= 0.3 is 37.9 Å². The maximum atomic E-state index is 10.7. The van der Waals surface area contributed by atoms with Crippen molar-refractivity contribution in [2.45, 2.75) is 70.8 Å². The van der Waals surface area contributed by atoms with E-state index in [0.29, 0.717) is 17.7 Å². The monoisotopic (exact) mass is 463 g/mol. The van der Waals surface area contributed by atoms with Gasteiger partial charge in [0, 0.05) is 23.4 Å². The summed E-state index contributed by atoms with van der Waals surface area (Å²) in [4.78, 5) is 4.61. The molecule has 25 heavy (non-hydrogen) atoms. The van der Waals surface area contributed by atoms with Gasteiger partial charge in [-0.15, -0.1) is 0 Å². The molecular formula is C19H29Cl2NO2Zr. The number of nitrogens with zero attached hydrogens (tertiary/aromatic N) is 1. The Balaban J connectivity index is 0.000000970. The molecule has 0 bridgehead atoms. The van der Waals surface area contributed by atoms with Gasteiger partial charge in [-0.2, -0.15) is 0 Å². The van der Waals surface area contributed by atoms with E-state index in [1.807, 2.05) is 18.3 Å². The average Bonchev–Trinajstić information content (AvgIpc) is 2.65. The van der Waals surface area contributed by atoms with Crippen LogP contribution in [0.15, 0.2) is 17.1 Å². The van der Waals surface area contributed by atoms with E-state index >= 15 is 0 Å². The third-order valence-electron chi connectivity index (χ3n) is 4.79. The summed E-state index contributed by atoms with van der Waals surface area (Å²) in [6.07, 6.45) is 9.98. The summed E-state index contributed by atoms with van der Waals surface area (Å²) in [5.41, 5.74) is 1.82. The summed E-state index contributed by atoms with van der Waals surface area (Å²) in [5.74, 6) is 1.65. The summed E-state index contributed by atoms with van der Waals surface area (Å²) in [6, 6.07) is 4.21. The zero-order chi connectivity index (χ0) is 18.7. The van der Waals surface area contributed by atoms with Crippen molar-refractivity contribution in [2.75, 3.05) is 7.11 Å². The second-order valence-electron chi connectivity index (χ2n) is 6.31. The molecule has 1 fully saturated rings. The van der Waals surface area contributed by atoms with Crippen LogP contribution in [-0.2, 0) is 20.8 Å². The van der Waals surface area contributed by atoms with Crippen molar-refractivity contribution in [3.63, 3.8) is 0 Å². The number of benzene rings is 1. The molecule has 0 saturated heterocycles. The van der Waals surface area contributed by atoms with Crippen LogP contribution in [0.1, 0.15) is 75.8 Å². The summed E-state index contributed by atoms with van der Waals surface area (Å²) in [6.45, 7) is 4.29. The molecule has 0 atom stereocenters. The van der Waals surface area contributed by atoms with Crippen molar-refractivity contribution in [1.29, 1.82) is 0 Å². The molecule has 1 N–H and O–H groups in total. The molecule has 2 rings (SSSR count). The number of aromatic hydroxyl groups is 1. The second-order valence-corrected chi connectivity index (χ2v) is 10.0. The van der Waals surface area contributed by atoms with E-state index in [9.17, 15) is 5.11 Å². The van der Waals surface area contributed by atoms with E-state index in [0.717, 1.165) is 42.6 Å². The molecule has 140 valence electrons. The summed E-state index contributed by atoms with van der Waals surface area (Å²) < 4.78 is 5.43. The van der Waals surface area contributed by atoms with Crippen LogP contribution in [0.5, 0.6) is 11.5 Å². The van der Waals surface area contributed by atoms with Gasteiger partial charge in [0.1, 0.15) is 11.5 Å². The first-order valence-electron chi connectivity index (χ1n) is 9.01. The Morgan fingerprint density at radius 3 is 2.36 bits per heavy atom. The number of aliphatic imine (C=N–C) groups is 1. The number of ether oxygens (including phenoxy) is 1. The molecule has 1 aliphatic carbocycles. The Hall–Kier alpha value is -0.0469. The third kappa shape index (κ3) is 7.61. The van der Waals surface area contributed by atoms with Crippen molar-refractivity contribution in [3.05, 3.63) is 23.3 Å². The molecular weight excluding hydrogens is 436 g/mol. The van der Waals surface area contributed by atoms with E-state index in [2.05, 4.69) is 18.8 Å². The molecule has 0 radical (unpaired) electrons. The van der Waals surface area contributed by atoms with Crippen LogP contribution in [0.2, 0.25) is 0 Å². The summed E-state index contributed by atoms with van der Waals surface area (Å²) >= 11 is -0.826. The number of methoxy groups -OCH3 is 1. The van der Waals surface area contributed by atoms with Gasteiger partial charge in [0.25, 0.3) is 0 Å². The first-order valence-corrected chi connectivity index (χ1v) is 15.3. The van der Waals surface area contributed by atoms with Crippen molar-refractivity contribution in [3.8, 4) is 11.5 Å².